The number of ether oxygens (including phenoxy) is 1. The van der Waals surface area contributed by atoms with Gasteiger partial charge in [-0.15, -0.1) is 0 Å². The van der Waals surface area contributed by atoms with Crippen molar-refractivity contribution in [2.45, 2.75) is 65.2 Å². The van der Waals surface area contributed by atoms with E-state index in [1.54, 1.807) is 12.1 Å². The number of benzene rings is 1. The Morgan fingerprint density at radius 2 is 1.48 bits per heavy atom. The maximum absolute atomic E-state index is 14.2. The lowest BCUT2D eigenvalue weighted by Gasteiger charge is -2.31. The van der Waals surface area contributed by atoms with Gasteiger partial charge in [0.1, 0.15) is 11.6 Å². The third-order valence-corrected chi connectivity index (χ3v) is 4.59. The highest BCUT2D eigenvalue weighted by Crippen LogP contribution is 2.40. The molecule has 0 atom stereocenters. The first-order valence-electron chi connectivity index (χ1n) is 8.77. The van der Waals surface area contributed by atoms with E-state index in [9.17, 15) is 4.39 Å². The van der Waals surface area contributed by atoms with Crippen LogP contribution >= 0.6 is 0 Å². The number of piperidine rings is 1. The number of nitrogens with one attached hydrogen (secondary N) is 1. The summed E-state index contributed by atoms with van der Waals surface area (Å²) < 4.78 is 20.5. The molecule has 2 nitrogen and oxygen atoms in total. The third kappa shape index (κ3) is 4.69. The smallest absolute Gasteiger partial charge is 0.126 e. The molecule has 0 bridgehead atoms. The van der Waals surface area contributed by atoms with Gasteiger partial charge in [0.15, 0.2) is 0 Å². The standard InChI is InChI=1S/C20H32FNO/c1-19(2,3)16-11-15(21)12-17(20(4,5)6)18(16)23-13-14-7-9-22-10-8-14/h11-12,14,22H,7-10,13H2,1-6H3. The van der Waals surface area contributed by atoms with Gasteiger partial charge in [-0.3, -0.25) is 0 Å². The Bertz CT molecular complexity index is 499. The molecular formula is C20H32FNO. The quantitative estimate of drug-likeness (QED) is 0.863. The highest BCUT2D eigenvalue weighted by atomic mass is 19.1. The molecular weight excluding hydrogens is 289 g/mol. The summed E-state index contributed by atoms with van der Waals surface area (Å²) in [5.74, 6) is 1.31. The van der Waals surface area contributed by atoms with E-state index in [0.717, 1.165) is 49.4 Å². The van der Waals surface area contributed by atoms with E-state index in [0.29, 0.717) is 5.92 Å². The maximum atomic E-state index is 14.2. The molecule has 1 N–H and O–H groups in total. The second-order valence-corrected chi connectivity index (χ2v) is 8.83. The average Bonchev–Trinajstić information content (AvgIpc) is 2.44. The van der Waals surface area contributed by atoms with Gasteiger partial charge in [-0.2, -0.15) is 0 Å². The fourth-order valence-corrected chi connectivity index (χ4v) is 3.11. The van der Waals surface area contributed by atoms with Gasteiger partial charge in [0.25, 0.3) is 0 Å². The van der Waals surface area contributed by atoms with Crippen LogP contribution in [0.5, 0.6) is 5.75 Å². The molecule has 3 heteroatoms. The molecule has 1 aromatic rings. The highest BCUT2D eigenvalue weighted by Gasteiger charge is 2.28. The van der Waals surface area contributed by atoms with Gasteiger partial charge >= 0.3 is 0 Å². The summed E-state index contributed by atoms with van der Waals surface area (Å²) >= 11 is 0. The lowest BCUT2D eigenvalue weighted by atomic mass is 9.79. The lowest BCUT2D eigenvalue weighted by molar-refractivity contribution is 0.208. The van der Waals surface area contributed by atoms with Crippen molar-refractivity contribution in [1.82, 2.24) is 5.32 Å². The van der Waals surface area contributed by atoms with Gasteiger partial charge < -0.3 is 10.1 Å². The van der Waals surface area contributed by atoms with Crippen LogP contribution in [0, 0.1) is 11.7 Å². The van der Waals surface area contributed by atoms with E-state index in [2.05, 4.69) is 46.9 Å². The minimum Gasteiger partial charge on any atom is -0.493 e. The van der Waals surface area contributed by atoms with Crippen molar-refractivity contribution >= 4 is 0 Å². The Morgan fingerprint density at radius 3 is 1.91 bits per heavy atom. The normalized spacial score (nSPS) is 17.3. The first-order valence-corrected chi connectivity index (χ1v) is 8.77. The number of halogens is 1. The van der Waals surface area contributed by atoms with E-state index in [1.165, 1.54) is 0 Å². The summed E-state index contributed by atoms with van der Waals surface area (Å²) in [5.41, 5.74) is 1.64. The van der Waals surface area contributed by atoms with Crippen LogP contribution in [0.2, 0.25) is 0 Å². The first-order chi connectivity index (χ1) is 10.6. The van der Waals surface area contributed by atoms with Crippen molar-refractivity contribution < 1.29 is 9.13 Å². The molecule has 0 spiro atoms. The van der Waals surface area contributed by atoms with Crippen LogP contribution in [-0.2, 0) is 10.8 Å². The third-order valence-electron chi connectivity index (χ3n) is 4.59. The van der Waals surface area contributed by atoms with Crippen molar-refractivity contribution in [3.05, 3.63) is 29.1 Å². The summed E-state index contributed by atoms with van der Waals surface area (Å²) in [6, 6.07) is 3.29. The zero-order chi connectivity index (χ0) is 17.3. The molecule has 0 radical (unpaired) electrons. The minimum absolute atomic E-state index is 0.147. The van der Waals surface area contributed by atoms with Gasteiger partial charge in [-0.25, -0.2) is 4.39 Å². The molecule has 0 unspecified atom stereocenters. The molecule has 23 heavy (non-hydrogen) atoms. The summed E-state index contributed by atoms with van der Waals surface area (Å²) in [6.07, 6.45) is 2.30. The molecule has 0 amide bonds. The Morgan fingerprint density at radius 1 is 1.00 bits per heavy atom. The van der Waals surface area contributed by atoms with Gasteiger partial charge in [0, 0.05) is 11.1 Å². The Labute approximate surface area is 140 Å². The fourth-order valence-electron chi connectivity index (χ4n) is 3.11. The second-order valence-electron chi connectivity index (χ2n) is 8.83. The maximum Gasteiger partial charge on any atom is 0.126 e. The van der Waals surface area contributed by atoms with Crippen molar-refractivity contribution in [1.29, 1.82) is 0 Å². The zero-order valence-corrected chi connectivity index (χ0v) is 15.6. The molecule has 2 rings (SSSR count). The van der Waals surface area contributed by atoms with Crippen molar-refractivity contribution in [2.24, 2.45) is 5.92 Å². The topological polar surface area (TPSA) is 21.3 Å². The molecule has 130 valence electrons. The van der Waals surface area contributed by atoms with Gasteiger partial charge in [-0.05, 0) is 54.8 Å². The Hall–Kier alpha value is -1.09. The van der Waals surface area contributed by atoms with Crippen LogP contribution < -0.4 is 10.1 Å². The van der Waals surface area contributed by atoms with Gasteiger partial charge in [0.2, 0.25) is 0 Å². The van der Waals surface area contributed by atoms with Gasteiger partial charge in [0.05, 0.1) is 6.61 Å². The van der Waals surface area contributed by atoms with Crippen LogP contribution in [0.3, 0.4) is 0 Å². The first kappa shape index (κ1) is 18.3. The summed E-state index contributed by atoms with van der Waals surface area (Å²) in [7, 11) is 0. The summed E-state index contributed by atoms with van der Waals surface area (Å²) in [5, 5.41) is 3.39. The predicted molar refractivity (Wildman–Crippen MR) is 94.9 cm³/mol. The predicted octanol–water partition coefficient (Wildman–Crippen LogP) is 4.80. The summed E-state index contributed by atoms with van der Waals surface area (Å²) in [4.78, 5) is 0. The Balaban J connectivity index is 2.36. The monoisotopic (exact) mass is 321 g/mol. The van der Waals surface area contributed by atoms with E-state index >= 15 is 0 Å². The lowest BCUT2D eigenvalue weighted by Crippen LogP contribution is -2.31. The molecule has 1 aliphatic rings. The molecule has 1 aliphatic heterocycles. The SMILES string of the molecule is CC(C)(C)c1cc(F)cc(C(C)(C)C)c1OCC1CCNCC1. The number of hydrogen-bond acceptors (Lipinski definition) is 2. The van der Waals surface area contributed by atoms with Crippen molar-refractivity contribution in [3.8, 4) is 5.75 Å². The van der Waals surface area contributed by atoms with E-state index < -0.39 is 0 Å². The number of rotatable bonds is 3. The van der Waals surface area contributed by atoms with Crippen molar-refractivity contribution in [3.63, 3.8) is 0 Å². The highest BCUT2D eigenvalue weighted by molar-refractivity contribution is 5.48. The molecule has 1 fully saturated rings. The average molecular weight is 321 g/mol. The van der Waals surface area contributed by atoms with E-state index in [4.69, 9.17) is 4.74 Å². The Kier molecular flexibility index (Phi) is 5.40. The molecule has 1 saturated heterocycles. The van der Waals surface area contributed by atoms with E-state index in [-0.39, 0.29) is 16.6 Å². The van der Waals surface area contributed by atoms with Crippen LogP contribution in [0.4, 0.5) is 4.39 Å². The molecule has 0 saturated carbocycles. The van der Waals surface area contributed by atoms with E-state index in [1.807, 2.05) is 0 Å². The van der Waals surface area contributed by atoms with Crippen LogP contribution in [0.15, 0.2) is 12.1 Å². The number of hydrogen-bond donors (Lipinski definition) is 1. The minimum atomic E-state index is -0.172. The van der Waals surface area contributed by atoms with Crippen LogP contribution in [0.25, 0.3) is 0 Å². The molecule has 1 heterocycles. The zero-order valence-electron chi connectivity index (χ0n) is 15.6. The largest absolute Gasteiger partial charge is 0.493 e. The van der Waals surface area contributed by atoms with Crippen LogP contribution in [0.1, 0.15) is 65.5 Å². The molecule has 0 aromatic heterocycles. The van der Waals surface area contributed by atoms with Crippen molar-refractivity contribution in [2.75, 3.05) is 19.7 Å². The second kappa shape index (κ2) is 6.80. The van der Waals surface area contributed by atoms with Crippen LogP contribution in [-0.4, -0.2) is 19.7 Å². The summed E-state index contributed by atoms with van der Waals surface area (Å²) in [6.45, 7) is 15.6. The molecule has 1 aromatic carbocycles. The molecule has 0 aliphatic carbocycles. The fraction of sp³-hybridized carbons (Fsp3) is 0.700. The van der Waals surface area contributed by atoms with Gasteiger partial charge in [-0.1, -0.05) is 41.5 Å².